The first kappa shape index (κ1) is 13.8. The third-order valence-corrected chi connectivity index (χ3v) is 4.58. The standard InChI is InChI=1S/C14H20BrNO2/c1-17-12-2-3-13(15)11(8-12)9-14(10-16)4-6-18-7-5-14/h2-3,8H,4-7,9-10,16H2,1H3. The molecule has 100 valence electrons. The summed E-state index contributed by atoms with van der Waals surface area (Å²) in [5, 5.41) is 0. The Hall–Kier alpha value is -0.580. The van der Waals surface area contributed by atoms with Crippen LogP contribution in [0.4, 0.5) is 0 Å². The molecule has 0 amide bonds. The molecule has 1 fully saturated rings. The van der Waals surface area contributed by atoms with E-state index < -0.39 is 0 Å². The smallest absolute Gasteiger partial charge is 0.119 e. The SMILES string of the molecule is COc1ccc(Br)c(CC2(CN)CCOCC2)c1. The summed E-state index contributed by atoms with van der Waals surface area (Å²) in [4.78, 5) is 0. The van der Waals surface area contributed by atoms with Gasteiger partial charge in [0.2, 0.25) is 0 Å². The molecule has 0 radical (unpaired) electrons. The van der Waals surface area contributed by atoms with Gasteiger partial charge in [0.1, 0.15) is 5.75 Å². The highest BCUT2D eigenvalue weighted by Gasteiger charge is 2.32. The van der Waals surface area contributed by atoms with Gasteiger partial charge in [0.25, 0.3) is 0 Å². The molecule has 0 unspecified atom stereocenters. The molecule has 1 aliphatic heterocycles. The van der Waals surface area contributed by atoms with Gasteiger partial charge in [-0.25, -0.2) is 0 Å². The van der Waals surface area contributed by atoms with Crippen molar-refractivity contribution in [1.29, 1.82) is 0 Å². The molecule has 1 aromatic rings. The lowest BCUT2D eigenvalue weighted by molar-refractivity contribution is 0.0190. The second-order valence-corrected chi connectivity index (χ2v) is 5.80. The van der Waals surface area contributed by atoms with Crippen LogP contribution in [0.5, 0.6) is 5.75 Å². The van der Waals surface area contributed by atoms with Gasteiger partial charge in [-0.05, 0) is 55.0 Å². The number of hydrogen-bond donors (Lipinski definition) is 1. The predicted molar refractivity (Wildman–Crippen MR) is 75.9 cm³/mol. The van der Waals surface area contributed by atoms with Crippen molar-refractivity contribution in [2.75, 3.05) is 26.9 Å². The molecule has 0 spiro atoms. The number of benzene rings is 1. The van der Waals surface area contributed by atoms with Gasteiger partial charge in [0.05, 0.1) is 7.11 Å². The molecule has 0 bridgehead atoms. The van der Waals surface area contributed by atoms with E-state index in [1.807, 2.05) is 12.1 Å². The van der Waals surface area contributed by atoms with Crippen molar-refractivity contribution >= 4 is 15.9 Å². The van der Waals surface area contributed by atoms with Crippen LogP contribution in [0.1, 0.15) is 18.4 Å². The third kappa shape index (κ3) is 3.05. The van der Waals surface area contributed by atoms with Crippen LogP contribution in [-0.4, -0.2) is 26.9 Å². The zero-order valence-electron chi connectivity index (χ0n) is 10.7. The van der Waals surface area contributed by atoms with Crippen molar-refractivity contribution in [3.8, 4) is 5.75 Å². The summed E-state index contributed by atoms with van der Waals surface area (Å²) >= 11 is 3.61. The fraction of sp³-hybridized carbons (Fsp3) is 0.571. The zero-order valence-corrected chi connectivity index (χ0v) is 12.3. The van der Waals surface area contributed by atoms with Crippen LogP contribution in [0.3, 0.4) is 0 Å². The van der Waals surface area contributed by atoms with E-state index in [1.165, 1.54) is 5.56 Å². The zero-order chi connectivity index (χ0) is 13.0. The summed E-state index contributed by atoms with van der Waals surface area (Å²) in [6, 6.07) is 6.10. The average molecular weight is 314 g/mol. The molecule has 1 heterocycles. The molecule has 0 atom stereocenters. The van der Waals surface area contributed by atoms with Gasteiger partial charge in [0.15, 0.2) is 0 Å². The summed E-state index contributed by atoms with van der Waals surface area (Å²) in [7, 11) is 1.69. The van der Waals surface area contributed by atoms with E-state index in [0.29, 0.717) is 6.54 Å². The Labute approximate surface area is 117 Å². The fourth-order valence-electron chi connectivity index (χ4n) is 2.48. The third-order valence-electron chi connectivity index (χ3n) is 3.80. The molecule has 0 aromatic heterocycles. The van der Waals surface area contributed by atoms with E-state index in [0.717, 1.165) is 42.7 Å². The molecule has 3 nitrogen and oxygen atoms in total. The second kappa shape index (κ2) is 6.04. The molecule has 18 heavy (non-hydrogen) atoms. The highest BCUT2D eigenvalue weighted by atomic mass is 79.9. The van der Waals surface area contributed by atoms with Crippen LogP contribution < -0.4 is 10.5 Å². The van der Waals surface area contributed by atoms with Gasteiger partial charge in [-0.15, -0.1) is 0 Å². The number of nitrogens with two attached hydrogens (primary N) is 1. The summed E-state index contributed by atoms with van der Waals surface area (Å²) in [6.07, 6.45) is 3.05. The lowest BCUT2D eigenvalue weighted by Crippen LogP contribution is -2.38. The normalized spacial score (nSPS) is 18.6. The van der Waals surface area contributed by atoms with Crippen molar-refractivity contribution in [1.82, 2.24) is 0 Å². The predicted octanol–water partition coefficient (Wildman–Crippen LogP) is 2.76. The minimum atomic E-state index is 0.174. The van der Waals surface area contributed by atoms with Crippen LogP contribution in [0, 0.1) is 5.41 Å². The largest absolute Gasteiger partial charge is 0.497 e. The van der Waals surface area contributed by atoms with Gasteiger partial charge in [-0.2, -0.15) is 0 Å². The maximum atomic E-state index is 6.00. The van der Waals surface area contributed by atoms with E-state index in [4.69, 9.17) is 15.2 Å². The molecule has 4 heteroatoms. The van der Waals surface area contributed by atoms with Crippen molar-refractivity contribution < 1.29 is 9.47 Å². The summed E-state index contributed by atoms with van der Waals surface area (Å²) in [5.74, 6) is 0.896. The number of rotatable bonds is 4. The molecule has 1 aromatic carbocycles. The second-order valence-electron chi connectivity index (χ2n) is 4.95. The van der Waals surface area contributed by atoms with Gasteiger partial charge in [-0.3, -0.25) is 0 Å². The Morgan fingerprint density at radius 3 is 2.72 bits per heavy atom. The van der Waals surface area contributed by atoms with Crippen LogP contribution >= 0.6 is 15.9 Å². The molecule has 0 saturated carbocycles. The minimum Gasteiger partial charge on any atom is -0.497 e. The average Bonchev–Trinajstić information content (AvgIpc) is 2.42. The Morgan fingerprint density at radius 1 is 1.39 bits per heavy atom. The topological polar surface area (TPSA) is 44.5 Å². The highest BCUT2D eigenvalue weighted by Crippen LogP contribution is 2.36. The van der Waals surface area contributed by atoms with E-state index in [9.17, 15) is 0 Å². The Balaban J connectivity index is 2.20. The maximum Gasteiger partial charge on any atom is 0.119 e. The van der Waals surface area contributed by atoms with Crippen molar-refractivity contribution in [3.05, 3.63) is 28.2 Å². The van der Waals surface area contributed by atoms with Crippen LogP contribution in [0.2, 0.25) is 0 Å². The monoisotopic (exact) mass is 313 g/mol. The molecule has 1 saturated heterocycles. The maximum absolute atomic E-state index is 6.00. The number of halogens is 1. The molecule has 1 aliphatic rings. The Kier molecular flexibility index (Phi) is 4.65. The summed E-state index contributed by atoms with van der Waals surface area (Å²) in [6.45, 7) is 2.34. The highest BCUT2D eigenvalue weighted by molar-refractivity contribution is 9.10. The molecule has 2 N–H and O–H groups in total. The molecule has 2 rings (SSSR count). The Morgan fingerprint density at radius 2 is 2.11 bits per heavy atom. The van der Waals surface area contributed by atoms with E-state index in [1.54, 1.807) is 7.11 Å². The quantitative estimate of drug-likeness (QED) is 0.929. The van der Waals surface area contributed by atoms with E-state index in [-0.39, 0.29) is 5.41 Å². The molecule has 0 aliphatic carbocycles. The van der Waals surface area contributed by atoms with Gasteiger partial charge in [0, 0.05) is 17.7 Å². The fourth-order valence-corrected chi connectivity index (χ4v) is 2.86. The van der Waals surface area contributed by atoms with Crippen LogP contribution in [0.25, 0.3) is 0 Å². The van der Waals surface area contributed by atoms with Gasteiger partial charge < -0.3 is 15.2 Å². The minimum absolute atomic E-state index is 0.174. The first-order valence-corrected chi connectivity index (χ1v) is 7.09. The van der Waals surface area contributed by atoms with Crippen molar-refractivity contribution in [2.24, 2.45) is 11.1 Å². The van der Waals surface area contributed by atoms with Gasteiger partial charge >= 0.3 is 0 Å². The summed E-state index contributed by atoms with van der Waals surface area (Å²) in [5.41, 5.74) is 7.44. The molecular weight excluding hydrogens is 294 g/mol. The van der Waals surface area contributed by atoms with Crippen LogP contribution in [0.15, 0.2) is 22.7 Å². The van der Waals surface area contributed by atoms with Crippen LogP contribution in [-0.2, 0) is 11.2 Å². The number of hydrogen-bond acceptors (Lipinski definition) is 3. The lowest BCUT2D eigenvalue weighted by Gasteiger charge is -2.36. The first-order chi connectivity index (χ1) is 8.69. The number of ether oxygens (including phenoxy) is 2. The van der Waals surface area contributed by atoms with Crippen molar-refractivity contribution in [3.63, 3.8) is 0 Å². The van der Waals surface area contributed by atoms with Gasteiger partial charge in [-0.1, -0.05) is 15.9 Å². The first-order valence-electron chi connectivity index (χ1n) is 6.29. The van der Waals surface area contributed by atoms with Crippen molar-refractivity contribution in [2.45, 2.75) is 19.3 Å². The van der Waals surface area contributed by atoms with E-state index >= 15 is 0 Å². The van der Waals surface area contributed by atoms with E-state index in [2.05, 4.69) is 22.0 Å². The molecular formula is C14H20BrNO2. The lowest BCUT2D eigenvalue weighted by atomic mass is 9.75. The summed E-state index contributed by atoms with van der Waals surface area (Å²) < 4.78 is 11.9. The Bertz CT molecular complexity index is 403. The number of methoxy groups -OCH3 is 1.